The van der Waals surface area contributed by atoms with E-state index in [9.17, 15) is 4.39 Å². The van der Waals surface area contributed by atoms with Gasteiger partial charge in [0.15, 0.2) is 11.6 Å². The summed E-state index contributed by atoms with van der Waals surface area (Å²) in [6.45, 7) is 2.43. The summed E-state index contributed by atoms with van der Waals surface area (Å²) in [7, 11) is 0. The van der Waals surface area contributed by atoms with E-state index in [0.29, 0.717) is 18.7 Å². The molecule has 0 unspecified atom stereocenters. The molecule has 0 fully saturated rings. The van der Waals surface area contributed by atoms with Gasteiger partial charge in [0.05, 0.1) is 16.0 Å². The summed E-state index contributed by atoms with van der Waals surface area (Å²) in [4.78, 5) is 8.91. The van der Waals surface area contributed by atoms with Gasteiger partial charge in [0.2, 0.25) is 0 Å². The second-order valence-corrected chi connectivity index (χ2v) is 5.94. The lowest BCUT2D eigenvalue weighted by Crippen LogP contribution is -2.05. The molecule has 0 aliphatic heterocycles. The first kappa shape index (κ1) is 12.4. The van der Waals surface area contributed by atoms with Gasteiger partial charge < -0.3 is 5.32 Å². The number of hydrogen-bond donors (Lipinski definition) is 1. The number of nitrogens with zero attached hydrogens (tertiary/aromatic N) is 2. The third kappa shape index (κ3) is 3.01. The molecule has 17 heavy (non-hydrogen) atoms. The zero-order chi connectivity index (χ0) is 12.3. The van der Waals surface area contributed by atoms with Gasteiger partial charge in [-0.3, -0.25) is 0 Å². The average molecular weight is 316 g/mol. The van der Waals surface area contributed by atoms with E-state index in [1.165, 1.54) is 6.33 Å². The van der Waals surface area contributed by atoms with Crippen LogP contribution in [0.25, 0.3) is 0 Å². The Bertz CT molecular complexity index is 515. The molecule has 2 rings (SSSR count). The number of hydrogen-bond acceptors (Lipinski definition) is 4. The standard InChI is InChI=1S/C11H11BrFN3S/c1-2-8-10(13)11(16-6-15-8)14-5-7-3-4-9(12)17-7/h3-4,6H,2,5H2,1H3,(H,14,15,16). The number of aryl methyl sites for hydroxylation is 1. The van der Waals surface area contributed by atoms with E-state index >= 15 is 0 Å². The van der Waals surface area contributed by atoms with Crippen LogP contribution in [-0.4, -0.2) is 9.97 Å². The summed E-state index contributed by atoms with van der Waals surface area (Å²) >= 11 is 5.00. The van der Waals surface area contributed by atoms with Crippen LogP contribution in [0.2, 0.25) is 0 Å². The van der Waals surface area contributed by atoms with Gasteiger partial charge in [-0.1, -0.05) is 6.92 Å². The Morgan fingerprint density at radius 3 is 2.88 bits per heavy atom. The van der Waals surface area contributed by atoms with E-state index in [4.69, 9.17) is 0 Å². The van der Waals surface area contributed by atoms with Crippen molar-refractivity contribution in [2.75, 3.05) is 5.32 Å². The van der Waals surface area contributed by atoms with Crippen LogP contribution in [0.3, 0.4) is 0 Å². The normalized spacial score (nSPS) is 10.5. The van der Waals surface area contributed by atoms with Crippen molar-refractivity contribution in [3.8, 4) is 0 Å². The molecule has 0 radical (unpaired) electrons. The second kappa shape index (κ2) is 5.55. The number of aromatic nitrogens is 2. The van der Waals surface area contributed by atoms with Gasteiger partial charge in [-0.05, 0) is 34.5 Å². The van der Waals surface area contributed by atoms with Gasteiger partial charge in [-0.25, -0.2) is 14.4 Å². The Morgan fingerprint density at radius 1 is 1.41 bits per heavy atom. The molecule has 2 heterocycles. The van der Waals surface area contributed by atoms with Crippen molar-refractivity contribution < 1.29 is 4.39 Å². The summed E-state index contributed by atoms with van der Waals surface area (Å²) in [6.07, 6.45) is 1.95. The maximum atomic E-state index is 13.8. The molecule has 0 aliphatic carbocycles. The maximum absolute atomic E-state index is 13.8. The van der Waals surface area contributed by atoms with Crippen LogP contribution in [0.15, 0.2) is 22.2 Å². The Balaban J connectivity index is 2.09. The zero-order valence-corrected chi connectivity index (χ0v) is 11.6. The fourth-order valence-electron chi connectivity index (χ4n) is 1.39. The van der Waals surface area contributed by atoms with Crippen molar-refractivity contribution in [2.45, 2.75) is 19.9 Å². The quantitative estimate of drug-likeness (QED) is 0.936. The van der Waals surface area contributed by atoms with Gasteiger partial charge in [0.25, 0.3) is 0 Å². The van der Waals surface area contributed by atoms with Crippen LogP contribution in [0.4, 0.5) is 10.2 Å². The SMILES string of the molecule is CCc1ncnc(NCc2ccc(Br)s2)c1F. The number of halogens is 2. The van der Waals surface area contributed by atoms with Crippen LogP contribution in [0.5, 0.6) is 0 Å². The van der Waals surface area contributed by atoms with E-state index < -0.39 is 0 Å². The first-order valence-electron chi connectivity index (χ1n) is 5.18. The summed E-state index contributed by atoms with van der Waals surface area (Å²) in [6, 6.07) is 3.96. The van der Waals surface area contributed by atoms with Crippen molar-refractivity contribution in [3.05, 3.63) is 38.6 Å². The fourth-order valence-corrected chi connectivity index (χ4v) is 2.82. The Morgan fingerprint density at radius 2 is 2.24 bits per heavy atom. The van der Waals surface area contributed by atoms with Crippen molar-refractivity contribution in [2.24, 2.45) is 0 Å². The molecule has 0 amide bonds. The highest BCUT2D eigenvalue weighted by atomic mass is 79.9. The highest BCUT2D eigenvalue weighted by molar-refractivity contribution is 9.11. The molecule has 0 saturated carbocycles. The summed E-state index contributed by atoms with van der Waals surface area (Å²) < 4.78 is 14.8. The zero-order valence-electron chi connectivity index (χ0n) is 9.20. The second-order valence-electron chi connectivity index (χ2n) is 3.40. The van der Waals surface area contributed by atoms with Gasteiger partial charge >= 0.3 is 0 Å². The molecular formula is C11H11BrFN3S. The van der Waals surface area contributed by atoms with Gasteiger partial charge in [-0.2, -0.15) is 0 Å². The van der Waals surface area contributed by atoms with Gasteiger partial charge in [0, 0.05) is 4.88 Å². The van der Waals surface area contributed by atoms with Gasteiger partial charge in [-0.15, -0.1) is 11.3 Å². The smallest absolute Gasteiger partial charge is 0.186 e. The lowest BCUT2D eigenvalue weighted by molar-refractivity contribution is 0.597. The van der Waals surface area contributed by atoms with E-state index in [1.807, 2.05) is 19.1 Å². The molecule has 3 nitrogen and oxygen atoms in total. The number of thiophene rings is 1. The third-order valence-electron chi connectivity index (χ3n) is 2.26. The van der Waals surface area contributed by atoms with Crippen LogP contribution in [-0.2, 0) is 13.0 Å². The van der Waals surface area contributed by atoms with E-state index in [2.05, 4.69) is 31.2 Å². The van der Waals surface area contributed by atoms with Crippen LogP contribution in [0, 0.1) is 5.82 Å². The molecule has 0 aliphatic rings. The molecule has 1 N–H and O–H groups in total. The molecular weight excluding hydrogens is 305 g/mol. The molecule has 90 valence electrons. The highest BCUT2D eigenvalue weighted by Gasteiger charge is 2.09. The fraction of sp³-hybridized carbons (Fsp3) is 0.273. The van der Waals surface area contributed by atoms with Crippen LogP contribution in [0.1, 0.15) is 17.5 Å². The molecule has 0 aromatic carbocycles. The van der Waals surface area contributed by atoms with Crippen LogP contribution >= 0.6 is 27.3 Å². The topological polar surface area (TPSA) is 37.8 Å². The summed E-state index contributed by atoms with van der Waals surface area (Å²) in [5.41, 5.74) is 0.440. The minimum atomic E-state index is -0.356. The van der Waals surface area contributed by atoms with E-state index in [-0.39, 0.29) is 11.6 Å². The Kier molecular flexibility index (Phi) is 4.06. The average Bonchev–Trinajstić information content (AvgIpc) is 2.74. The van der Waals surface area contributed by atoms with Crippen molar-refractivity contribution in [1.29, 1.82) is 0 Å². The van der Waals surface area contributed by atoms with Crippen LogP contribution < -0.4 is 5.32 Å². The monoisotopic (exact) mass is 315 g/mol. The van der Waals surface area contributed by atoms with E-state index in [1.54, 1.807) is 11.3 Å². The summed E-state index contributed by atoms with van der Waals surface area (Å²) in [5.74, 6) is -0.0907. The Hall–Kier alpha value is -1.01. The first-order chi connectivity index (χ1) is 8.20. The molecule has 0 atom stereocenters. The minimum absolute atomic E-state index is 0.265. The Labute approximate surface area is 111 Å². The third-order valence-corrected chi connectivity index (χ3v) is 3.88. The number of nitrogens with one attached hydrogen (secondary N) is 1. The largest absolute Gasteiger partial charge is 0.363 e. The van der Waals surface area contributed by atoms with Crippen molar-refractivity contribution >= 4 is 33.1 Å². The predicted octanol–water partition coefficient (Wildman–Crippen LogP) is 3.61. The minimum Gasteiger partial charge on any atom is -0.363 e. The first-order valence-corrected chi connectivity index (χ1v) is 6.79. The molecule has 2 aromatic rings. The predicted molar refractivity (Wildman–Crippen MR) is 70.7 cm³/mol. The van der Waals surface area contributed by atoms with Gasteiger partial charge in [0.1, 0.15) is 6.33 Å². The highest BCUT2D eigenvalue weighted by Crippen LogP contribution is 2.23. The molecule has 0 bridgehead atoms. The molecule has 0 saturated heterocycles. The number of anilines is 1. The lowest BCUT2D eigenvalue weighted by atomic mass is 10.3. The van der Waals surface area contributed by atoms with E-state index in [0.717, 1.165) is 8.66 Å². The number of rotatable bonds is 4. The molecule has 6 heteroatoms. The molecule has 0 spiro atoms. The van der Waals surface area contributed by atoms with Crippen molar-refractivity contribution in [3.63, 3.8) is 0 Å². The van der Waals surface area contributed by atoms with Crippen molar-refractivity contribution in [1.82, 2.24) is 9.97 Å². The summed E-state index contributed by atoms with van der Waals surface area (Å²) in [5, 5.41) is 2.98. The molecule has 2 aromatic heterocycles. The maximum Gasteiger partial charge on any atom is 0.186 e. The lowest BCUT2D eigenvalue weighted by Gasteiger charge is -2.06.